The summed E-state index contributed by atoms with van der Waals surface area (Å²) >= 11 is 7.86. The van der Waals surface area contributed by atoms with Crippen LogP contribution in [0.3, 0.4) is 0 Å². The van der Waals surface area contributed by atoms with Gasteiger partial charge in [0.1, 0.15) is 0 Å². The molecule has 2 heteroatoms. The quantitative estimate of drug-likeness (QED) is 0.495. The fraction of sp³-hybridized carbons (Fsp3) is 1.00. The van der Waals surface area contributed by atoms with Crippen molar-refractivity contribution in [3.05, 3.63) is 0 Å². The molecule has 0 heterocycles. The summed E-state index contributed by atoms with van der Waals surface area (Å²) in [5, 5.41) is 0. The van der Waals surface area contributed by atoms with Crippen LogP contribution in [0.4, 0.5) is 0 Å². The second-order valence-corrected chi connectivity index (χ2v) is 9.80. The fourth-order valence-electron chi connectivity index (χ4n) is 2.90. The van der Waals surface area contributed by atoms with E-state index in [9.17, 15) is 0 Å². The van der Waals surface area contributed by atoms with E-state index in [2.05, 4.69) is 73.4 Å². The molecule has 16 heavy (non-hydrogen) atoms. The summed E-state index contributed by atoms with van der Waals surface area (Å²) in [7, 11) is 0. The first-order chi connectivity index (χ1) is 7.03. The van der Waals surface area contributed by atoms with Crippen LogP contribution < -0.4 is 0 Å². The Morgan fingerprint density at radius 3 is 1.12 bits per heavy atom. The highest BCUT2D eigenvalue weighted by Gasteiger charge is 2.43. The predicted molar refractivity (Wildman–Crippen MR) is 80.6 cm³/mol. The molecule has 1 aliphatic carbocycles. The van der Waals surface area contributed by atoms with E-state index < -0.39 is 0 Å². The van der Waals surface area contributed by atoms with E-state index in [1.165, 1.54) is 12.8 Å². The lowest BCUT2D eigenvalue weighted by Gasteiger charge is -2.47. The van der Waals surface area contributed by atoms with Crippen LogP contribution in [0.2, 0.25) is 0 Å². The van der Waals surface area contributed by atoms with Crippen molar-refractivity contribution >= 4 is 31.9 Å². The summed E-state index contributed by atoms with van der Waals surface area (Å²) < 4.78 is 0. The Bertz CT molecular complexity index is 208. The lowest BCUT2D eigenvalue weighted by Crippen LogP contribution is -2.43. The average molecular weight is 354 g/mol. The third-order valence-corrected chi connectivity index (χ3v) is 6.08. The number of alkyl halides is 2. The van der Waals surface area contributed by atoms with Gasteiger partial charge in [-0.1, -0.05) is 73.4 Å². The topological polar surface area (TPSA) is 0 Å². The fourth-order valence-corrected chi connectivity index (χ4v) is 5.72. The molecule has 0 aliphatic heterocycles. The van der Waals surface area contributed by atoms with Gasteiger partial charge in [0.2, 0.25) is 0 Å². The van der Waals surface area contributed by atoms with E-state index in [0.29, 0.717) is 20.5 Å². The van der Waals surface area contributed by atoms with Gasteiger partial charge in [-0.25, -0.2) is 0 Å². The van der Waals surface area contributed by atoms with E-state index >= 15 is 0 Å². The molecule has 1 aliphatic rings. The zero-order chi connectivity index (χ0) is 12.7. The molecule has 0 bridgehead atoms. The van der Waals surface area contributed by atoms with Crippen LogP contribution in [0.15, 0.2) is 0 Å². The molecule has 0 saturated heterocycles. The molecular formula is C14H26Br2. The minimum atomic E-state index is 0.406. The maximum absolute atomic E-state index is 3.93. The highest BCUT2D eigenvalue weighted by atomic mass is 79.9. The monoisotopic (exact) mass is 352 g/mol. The van der Waals surface area contributed by atoms with Gasteiger partial charge < -0.3 is 0 Å². The molecule has 0 aromatic carbocycles. The molecule has 0 N–H and O–H groups in total. The second-order valence-electron chi connectivity index (χ2n) is 7.45. The van der Waals surface area contributed by atoms with Gasteiger partial charge in [-0.15, -0.1) is 0 Å². The van der Waals surface area contributed by atoms with Crippen molar-refractivity contribution in [2.75, 3.05) is 0 Å². The van der Waals surface area contributed by atoms with Crippen molar-refractivity contribution in [3.63, 3.8) is 0 Å². The Kier molecular flexibility index (Phi) is 4.61. The van der Waals surface area contributed by atoms with Crippen molar-refractivity contribution < 1.29 is 0 Å². The maximum Gasteiger partial charge on any atom is 0.0182 e. The number of rotatable bonds is 0. The van der Waals surface area contributed by atoms with Gasteiger partial charge in [-0.2, -0.15) is 0 Å². The van der Waals surface area contributed by atoms with Crippen LogP contribution in [0, 0.1) is 22.7 Å². The Morgan fingerprint density at radius 2 is 0.938 bits per heavy atom. The summed E-state index contributed by atoms with van der Waals surface area (Å²) in [6.07, 6.45) is 2.59. The van der Waals surface area contributed by atoms with Gasteiger partial charge in [-0.3, -0.25) is 0 Å². The van der Waals surface area contributed by atoms with Crippen LogP contribution in [0.1, 0.15) is 54.4 Å². The van der Waals surface area contributed by atoms with Crippen molar-refractivity contribution in [2.45, 2.75) is 64.0 Å². The molecule has 96 valence electrons. The zero-order valence-corrected chi connectivity index (χ0v) is 14.7. The summed E-state index contributed by atoms with van der Waals surface area (Å²) in [4.78, 5) is 1.34. The van der Waals surface area contributed by atoms with E-state index in [1.54, 1.807) is 0 Å². The lowest BCUT2D eigenvalue weighted by atomic mass is 9.64. The molecule has 4 atom stereocenters. The van der Waals surface area contributed by atoms with Crippen molar-refractivity contribution in [1.29, 1.82) is 0 Å². The number of halogens is 2. The first kappa shape index (κ1) is 15.0. The van der Waals surface area contributed by atoms with Crippen LogP contribution in [0.5, 0.6) is 0 Å². The molecule has 0 radical (unpaired) electrons. The van der Waals surface area contributed by atoms with Crippen molar-refractivity contribution in [1.82, 2.24) is 0 Å². The molecule has 0 aromatic heterocycles. The molecule has 0 nitrogen and oxygen atoms in total. The van der Waals surface area contributed by atoms with Crippen molar-refractivity contribution in [3.8, 4) is 0 Å². The second kappa shape index (κ2) is 4.91. The van der Waals surface area contributed by atoms with Gasteiger partial charge in [-0.05, 0) is 35.5 Å². The normalized spacial score (nSPS) is 37.5. The molecule has 1 fully saturated rings. The van der Waals surface area contributed by atoms with E-state index in [4.69, 9.17) is 0 Å². The number of hydrogen-bond donors (Lipinski definition) is 0. The standard InChI is InChI=1S/C14H26Br2/c1-13(2,3)9-7-12(16)10(8-11(9)15)14(4,5)6/h9-12H,7-8H2,1-6H3. The summed E-state index contributed by atoms with van der Waals surface area (Å²) in [6.45, 7) is 14.2. The Hall–Kier alpha value is 0.960. The molecular weight excluding hydrogens is 328 g/mol. The van der Waals surface area contributed by atoms with Gasteiger partial charge in [0.15, 0.2) is 0 Å². The third kappa shape index (κ3) is 3.48. The van der Waals surface area contributed by atoms with Crippen LogP contribution in [0.25, 0.3) is 0 Å². The Morgan fingerprint density at radius 1 is 0.688 bits per heavy atom. The third-order valence-electron chi connectivity index (χ3n) is 4.06. The van der Waals surface area contributed by atoms with Crippen LogP contribution >= 0.6 is 31.9 Å². The molecule has 4 unspecified atom stereocenters. The molecule has 0 spiro atoms. The minimum Gasteiger partial charge on any atom is -0.0887 e. The first-order valence-corrected chi connectivity index (χ1v) is 8.14. The Labute approximate surface area is 118 Å². The maximum atomic E-state index is 3.93. The van der Waals surface area contributed by atoms with Crippen LogP contribution in [-0.2, 0) is 0 Å². The minimum absolute atomic E-state index is 0.406. The van der Waals surface area contributed by atoms with Gasteiger partial charge in [0, 0.05) is 9.65 Å². The van der Waals surface area contributed by atoms with E-state index in [-0.39, 0.29) is 0 Å². The van der Waals surface area contributed by atoms with Gasteiger partial charge in [0.25, 0.3) is 0 Å². The zero-order valence-electron chi connectivity index (χ0n) is 11.5. The van der Waals surface area contributed by atoms with Crippen LogP contribution in [-0.4, -0.2) is 9.65 Å². The van der Waals surface area contributed by atoms with Gasteiger partial charge in [0.05, 0.1) is 0 Å². The first-order valence-electron chi connectivity index (χ1n) is 6.31. The summed E-state index contributed by atoms with van der Waals surface area (Å²) in [5.74, 6) is 1.55. The molecule has 0 aromatic rings. The largest absolute Gasteiger partial charge is 0.0887 e. The van der Waals surface area contributed by atoms with E-state index in [0.717, 1.165) is 11.8 Å². The van der Waals surface area contributed by atoms with E-state index in [1.807, 2.05) is 0 Å². The summed E-state index contributed by atoms with van der Waals surface area (Å²) in [6, 6.07) is 0. The predicted octanol–water partition coefficient (Wildman–Crippen LogP) is 5.63. The van der Waals surface area contributed by atoms with Crippen molar-refractivity contribution in [2.24, 2.45) is 22.7 Å². The smallest absolute Gasteiger partial charge is 0.0182 e. The molecule has 1 rings (SSSR count). The Balaban J connectivity index is 2.79. The lowest BCUT2D eigenvalue weighted by molar-refractivity contribution is 0.114. The number of hydrogen-bond acceptors (Lipinski definition) is 0. The van der Waals surface area contributed by atoms with Gasteiger partial charge >= 0.3 is 0 Å². The highest BCUT2D eigenvalue weighted by molar-refractivity contribution is 9.10. The molecule has 1 saturated carbocycles. The highest BCUT2D eigenvalue weighted by Crippen LogP contribution is 2.50. The average Bonchev–Trinajstić information content (AvgIpc) is 2.04. The SMILES string of the molecule is CC(C)(C)C1CC(Br)C(C(C)(C)C)CC1Br. The summed E-state index contributed by atoms with van der Waals surface area (Å²) in [5.41, 5.74) is 0.812. The molecule has 0 amide bonds.